The average Bonchev–Trinajstić information content (AvgIpc) is 2.65. The Morgan fingerprint density at radius 3 is 2.56 bits per heavy atom. The highest BCUT2D eigenvalue weighted by Crippen LogP contribution is 2.06. The van der Waals surface area contributed by atoms with Gasteiger partial charge in [-0.3, -0.25) is 0 Å². The molecule has 0 aliphatic rings. The highest BCUT2D eigenvalue weighted by Gasteiger charge is 2.09. The van der Waals surface area contributed by atoms with Crippen LogP contribution in [0.1, 0.15) is 5.69 Å². The number of hydrogen-bond donors (Lipinski definition) is 1. The first-order valence-corrected chi connectivity index (χ1v) is 6.23. The van der Waals surface area contributed by atoms with Crippen molar-refractivity contribution in [3.63, 3.8) is 0 Å². The predicted molar refractivity (Wildman–Crippen MR) is 58.2 cm³/mol. The van der Waals surface area contributed by atoms with Gasteiger partial charge in [0.2, 0.25) is 10.0 Å². The molecule has 7 heteroatoms. The summed E-state index contributed by atoms with van der Waals surface area (Å²) < 4.78 is 23.2. The molecule has 0 aliphatic carbocycles. The van der Waals surface area contributed by atoms with E-state index in [1.165, 1.54) is 4.68 Å². The molecule has 1 aromatic heterocycles. The monoisotopic (exact) mass is 238 g/mol. The maximum atomic E-state index is 10.8. The Hall–Kier alpha value is -1.73. The molecule has 16 heavy (non-hydrogen) atoms. The van der Waals surface area contributed by atoms with E-state index >= 15 is 0 Å². The zero-order valence-corrected chi connectivity index (χ0v) is 9.13. The van der Waals surface area contributed by atoms with E-state index in [2.05, 4.69) is 10.3 Å². The first kappa shape index (κ1) is 10.8. The Morgan fingerprint density at radius 2 is 1.94 bits per heavy atom. The summed E-state index contributed by atoms with van der Waals surface area (Å²) in [5.74, 6) is -0.306. The number of primary sulfonamides is 1. The lowest BCUT2D eigenvalue weighted by molar-refractivity contribution is 0.596. The van der Waals surface area contributed by atoms with Gasteiger partial charge in [0.1, 0.15) is 5.75 Å². The number of nitrogens with zero attached hydrogens (tertiary/aromatic N) is 3. The topological polar surface area (TPSA) is 90.9 Å². The maximum Gasteiger partial charge on any atom is 0.214 e. The number of aromatic nitrogens is 3. The van der Waals surface area contributed by atoms with Crippen LogP contribution in [0.2, 0.25) is 0 Å². The quantitative estimate of drug-likeness (QED) is 0.818. The van der Waals surface area contributed by atoms with E-state index in [1.807, 2.05) is 30.3 Å². The second-order valence-corrected chi connectivity index (χ2v) is 4.91. The highest BCUT2D eigenvalue weighted by molar-refractivity contribution is 7.88. The van der Waals surface area contributed by atoms with Gasteiger partial charge in [-0.25, -0.2) is 18.2 Å². The van der Waals surface area contributed by atoms with E-state index in [9.17, 15) is 8.42 Å². The van der Waals surface area contributed by atoms with E-state index in [4.69, 9.17) is 5.14 Å². The molecule has 0 atom stereocenters. The van der Waals surface area contributed by atoms with Gasteiger partial charge in [-0.05, 0) is 12.1 Å². The maximum absolute atomic E-state index is 10.8. The number of hydrogen-bond acceptors (Lipinski definition) is 4. The minimum atomic E-state index is -3.56. The van der Waals surface area contributed by atoms with Crippen molar-refractivity contribution in [2.75, 3.05) is 0 Å². The summed E-state index contributed by atoms with van der Waals surface area (Å²) in [5.41, 5.74) is 1.14. The van der Waals surface area contributed by atoms with Crippen molar-refractivity contribution < 1.29 is 8.42 Å². The molecule has 0 saturated carbocycles. The minimum Gasteiger partial charge on any atom is -0.228 e. The Morgan fingerprint density at radius 1 is 1.25 bits per heavy atom. The van der Waals surface area contributed by atoms with Gasteiger partial charge in [-0.2, -0.15) is 0 Å². The molecule has 2 aromatic rings. The van der Waals surface area contributed by atoms with E-state index < -0.39 is 10.0 Å². The summed E-state index contributed by atoms with van der Waals surface area (Å²) in [6.45, 7) is 0. The van der Waals surface area contributed by atoms with Crippen molar-refractivity contribution in [3.05, 3.63) is 42.2 Å². The van der Waals surface area contributed by atoms with E-state index in [0.717, 1.165) is 5.69 Å². The van der Waals surface area contributed by atoms with Gasteiger partial charge < -0.3 is 0 Å². The molecular formula is C9H10N4O2S. The first-order valence-electron chi connectivity index (χ1n) is 4.52. The molecule has 0 unspecified atom stereocenters. The molecule has 2 rings (SSSR count). The van der Waals surface area contributed by atoms with Crippen molar-refractivity contribution in [1.82, 2.24) is 15.0 Å². The van der Waals surface area contributed by atoms with Crippen LogP contribution in [0.3, 0.4) is 0 Å². The van der Waals surface area contributed by atoms with Crippen LogP contribution < -0.4 is 5.14 Å². The summed E-state index contributed by atoms with van der Waals surface area (Å²) in [6.07, 6.45) is 1.54. The summed E-state index contributed by atoms with van der Waals surface area (Å²) in [4.78, 5) is 0. The molecule has 6 nitrogen and oxygen atoms in total. The van der Waals surface area contributed by atoms with Gasteiger partial charge in [0.25, 0.3) is 0 Å². The summed E-state index contributed by atoms with van der Waals surface area (Å²) >= 11 is 0. The van der Waals surface area contributed by atoms with Crippen molar-refractivity contribution in [2.45, 2.75) is 5.75 Å². The van der Waals surface area contributed by atoms with Crippen LogP contribution in [0.15, 0.2) is 36.5 Å². The summed E-state index contributed by atoms with van der Waals surface area (Å²) in [7, 11) is -3.56. The molecule has 0 spiro atoms. The first-order chi connectivity index (χ1) is 7.54. The standard InChI is InChI=1S/C9H10N4O2S/c10-16(14,15)7-8-6-13(12-11-8)9-4-2-1-3-5-9/h1-6H,7H2,(H2,10,14,15). The number of nitrogens with two attached hydrogens (primary N) is 1. The molecule has 0 fully saturated rings. The summed E-state index contributed by atoms with van der Waals surface area (Å²) in [5, 5.41) is 12.5. The molecule has 0 bridgehead atoms. The van der Waals surface area contributed by atoms with Crippen LogP contribution in [-0.4, -0.2) is 23.4 Å². The van der Waals surface area contributed by atoms with E-state index in [-0.39, 0.29) is 5.75 Å². The van der Waals surface area contributed by atoms with Gasteiger partial charge in [0.15, 0.2) is 0 Å². The zero-order valence-electron chi connectivity index (χ0n) is 8.31. The number of benzene rings is 1. The average molecular weight is 238 g/mol. The largest absolute Gasteiger partial charge is 0.228 e. The second-order valence-electron chi connectivity index (χ2n) is 3.30. The lowest BCUT2D eigenvalue weighted by atomic mass is 10.3. The Kier molecular flexibility index (Phi) is 2.71. The van der Waals surface area contributed by atoms with Crippen LogP contribution in [0.25, 0.3) is 5.69 Å². The molecule has 0 aliphatic heterocycles. The zero-order chi connectivity index (χ0) is 11.6. The van der Waals surface area contributed by atoms with Crippen LogP contribution in [0, 0.1) is 0 Å². The van der Waals surface area contributed by atoms with Crippen LogP contribution in [0.4, 0.5) is 0 Å². The molecule has 0 radical (unpaired) electrons. The third-order valence-corrected chi connectivity index (χ3v) is 2.61. The van der Waals surface area contributed by atoms with Gasteiger partial charge in [-0.15, -0.1) is 5.10 Å². The molecular weight excluding hydrogens is 228 g/mol. The number of para-hydroxylation sites is 1. The lowest BCUT2D eigenvalue weighted by Crippen LogP contribution is -2.14. The van der Waals surface area contributed by atoms with Crippen molar-refractivity contribution in [1.29, 1.82) is 0 Å². The van der Waals surface area contributed by atoms with Gasteiger partial charge in [0.05, 0.1) is 17.6 Å². The lowest BCUT2D eigenvalue weighted by Gasteiger charge is -1.97. The molecule has 1 aromatic carbocycles. The minimum absolute atomic E-state index is 0.306. The fraction of sp³-hybridized carbons (Fsp3) is 0.111. The van der Waals surface area contributed by atoms with Crippen LogP contribution >= 0.6 is 0 Å². The Labute approximate surface area is 92.7 Å². The molecule has 84 valence electrons. The van der Waals surface area contributed by atoms with Gasteiger partial charge in [-0.1, -0.05) is 23.4 Å². The predicted octanol–water partition coefficient (Wildman–Crippen LogP) is 0.0558. The number of sulfonamides is 1. The third kappa shape index (κ3) is 2.65. The van der Waals surface area contributed by atoms with Gasteiger partial charge in [0, 0.05) is 0 Å². The SMILES string of the molecule is NS(=O)(=O)Cc1cn(-c2ccccc2)nn1. The van der Waals surface area contributed by atoms with Crippen molar-refractivity contribution in [3.8, 4) is 5.69 Å². The fourth-order valence-corrected chi connectivity index (χ4v) is 1.82. The molecule has 0 amide bonds. The Bertz CT molecular complexity index is 577. The van der Waals surface area contributed by atoms with Crippen LogP contribution in [0.5, 0.6) is 0 Å². The van der Waals surface area contributed by atoms with Crippen molar-refractivity contribution in [2.24, 2.45) is 5.14 Å². The second kappa shape index (κ2) is 4.03. The molecule has 1 heterocycles. The van der Waals surface area contributed by atoms with Crippen molar-refractivity contribution >= 4 is 10.0 Å². The van der Waals surface area contributed by atoms with Crippen LogP contribution in [-0.2, 0) is 15.8 Å². The number of rotatable bonds is 3. The van der Waals surface area contributed by atoms with E-state index in [0.29, 0.717) is 5.69 Å². The normalized spacial score (nSPS) is 11.6. The third-order valence-electron chi connectivity index (χ3n) is 1.91. The Balaban J connectivity index is 2.27. The summed E-state index contributed by atoms with van der Waals surface area (Å²) in [6, 6.07) is 9.28. The van der Waals surface area contributed by atoms with E-state index in [1.54, 1.807) is 6.20 Å². The van der Waals surface area contributed by atoms with Gasteiger partial charge >= 0.3 is 0 Å². The molecule has 2 N–H and O–H groups in total. The fourth-order valence-electron chi connectivity index (χ4n) is 1.28. The highest BCUT2D eigenvalue weighted by atomic mass is 32.2. The molecule has 0 saturated heterocycles. The smallest absolute Gasteiger partial charge is 0.214 e.